The van der Waals surface area contributed by atoms with Crippen LogP contribution in [0.2, 0.25) is 0 Å². The fraction of sp³-hybridized carbons (Fsp3) is 0.533. The second-order valence-corrected chi connectivity index (χ2v) is 5.15. The molecule has 1 aliphatic carbocycles. The van der Waals surface area contributed by atoms with Gasteiger partial charge in [0.25, 0.3) is 0 Å². The van der Waals surface area contributed by atoms with Crippen LogP contribution in [0.15, 0.2) is 24.3 Å². The lowest BCUT2D eigenvalue weighted by Gasteiger charge is -2.17. The van der Waals surface area contributed by atoms with Gasteiger partial charge in [-0.05, 0) is 44.4 Å². The first kappa shape index (κ1) is 13.9. The van der Waals surface area contributed by atoms with Gasteiger partial charge in [0, 0.05) is 18.8 Å². The summed E-state index contributed by atoms with van der Waals surface area (Å²) in [5, 5.41) is 6.22. The van der Waals surface area contributed by atoms with Crippen LogP contribution in [0.25, 0.3) is 0 Å². The van der Waals surface area contributed by atoms with Crippen molar-refractivity contribution in [2.24, 2.45) is 0 Å². The van der Waals surface area contributed by atoms with Crippen LogP contribution in [0.4, 0.5) is 5.69 Å². The van der Waals surface area contributed by atoms with E-state index in [4.69, 9.17) is 4.74 Å². The van der Waals surface area contributed by atoms with E-state index in [1.165, 1.54) is 0 Å². The summed E-state index contributed by atoms with van der Waals surface area (Å²) in [7, 11) is 1.69. The average Bonchev–Trinajstić information content (AvgIpc) is 3.22. The summed E-state index contributed by atoms with van der Waals surface area (Å²) in [6.45, 7) is 3.88. The summed E-state index contributed by atoms with van der Waals surface area (Å²) in [6.07, 6.45) is 2.27. The van der Waals surface area contributed by atoms with Crippen LogP contribution in [-0.4, -0.2) is 25.1 Å². The third-order valence-corrected chi connectivity index (χ3v) is 3.41. The molecule has 1 amide bonds. The maximum absolute atomic E-state index is 11.9. The lowest BCUT2D eigenvalue weighted by atomic mass is 10.1. The molecule has 1 saturated carbocycles. The molecule has 2 rings (SSSR count). The molecule has 1 aromatic carbocycles. The lowest BCUT2D eigenvalue weighted by Crippen LogP contribution is -2.38. The average molecular weight is 262 g/mol. The van der Waals surface area contributed by atoms with Gasteiger partial charge in [0.05, 0.1) is 6.10 Å². The van der Waals surface area contributed by atoms with Crippen molar-refractivity contribution in [3.05, 3.63) is 29.8 Å². The van der Waals surface area contributed by atoms with Crippen molar-refractivity contribution in [1.29, 1.82) is 0 Å². The topological polar surface area (TPSA) is 50.4 Å². The predicted octanol–water partition coefficient (Wildman–Crippen LogP) is 2.47. The molecule has 0 heterocycles. The Balaban J connectivity index is 1.95. The first-order valence-electron chi connectivity index (χ1n) is 6.80. The number of benzene rings is 1. The third-order valence-electron chi connectivity index (χ3n) is 3.41. The molecular weight excluding hydrogens is 240 g/mol. The Morgan fingerprint density at radius 2 is 2.11 bits per heavy atom. The van der Waals surface area contributed by atoms with Crippen LogP contribution >= 0.6 is 0 Å². The molecule has 4 heteroatoms. The van der Waals surface area contributed by atoms with Crippen LogP contribution in [0.5, 0.6) is 0 Å². The number of carbonyl (C=O) groups is 1. The molecule has 0 bridgehead atoms. The van der Waals surface area contributed by atoms with Gasteiger partial charge in [-0.3, -0.25) is 4.79 Å². The molecule has 0 radical (unpaired) electrons. The minimum Gasteiger partial charge on any atom is -0.377 e. The largest absolute Gasteiger partial charge is 0.377 e. The predicted molar refractivity (Wildman–Crippen MR) is 76.1 cm³/mol. The monoisotopic (exact) mass is 262 g/mol. The van der Waals surface area contributed by atoms with Gasteiger partial charge in [0.2, 0.25) is 5.91 Å². The standard InChI is InChI=1S/C15H22N2O2/c1-10(15(18)17-13-7-8-13)16-14-6-4-5-12(9-14)11(2)19-3/h4-6,9-11,13,16H,7-8H2,1-3H3,(H,17,18)/t10-,11-/m0/s1. The minimum absolute atomic E-state index is 0.0531. The van der Waals surface area contributed by atoms with E-state index >= 15 is 0 Å². The van der Waals surface area contributed by atoms with Gasteiger partial charge in [-0.15, -0.1) is 0 Å². The van der Waals surface area contributed by atoms with E-state index in [-0.39, 0.29) is 18.1 Å². The highest BCUT2D eigenvalue weighted by atomic mass is 16.5. The Morgan fingerprint density at radius 1 is 1.37 bits per heavy atom. The summed E-state index contributed by atoms with van der Waals surface area (Å²) < 4.78 is 5.30. The number of anilines is 1. The summed E-state index contributed by atoms with van der Waals surface area (Å²) >= 11 is 0. The smallest absolute Gasteiger partial charge is 0.242 e. The van der Waals surface area contributed by atoms with Crippen LogP contribution < -0.4 is 10.6 Å². The normalized spacial score (nSPS) is 17.6. The lowest BCUT2D eigenvalue weighted by molar-refractivity contribution is -0.121. The molecule has 0 aromatic heterocycles. The third kappa shape index (κ3) is 3.96. The summed E-state index contributed by atoms with van der Waals surface area (Å²) in [6, 6.07) is 8.15. The van der Waals surface area contributed by atoms with Gasteiger partial charge in [0.15, 0.2) is 0 Å². The molecular formula is C15H22N2O2. The van der Waals surface area contributed by atoms with E-state index in [0.717, 1.165) is 24.1 Å². The molecule has 0 unspecified atom stereocenters. The molecule has 0 saturated heterocycles. The van der Waals surface area contributed by atoms with E-state index in [1.54, 1.807) is 7.11 Å². The number of hydrogen-bond acceptors (Lipinski definition) is 3. The second-order valence-electron chi connectivity index (χ2n) is 5.15. The molecule has 1 aliphatic rings. The van der Waals surface area contributed by atoms with Crippen LogP contribution in [0.3, 0.4) is 0 Å². The van der Waals surface area contributed by atoms with E-state index in [9.17, 15) is 4.79 Å². The number of ether oxygens (including phenoxy) is 1. The number of amides is 1. The van der Waals surface area contributed by atoms with Gasteiger partial charge >= 0.3 is 0 Å². The van der Waals surface area contributed by atoms with E-state index in [1.807, 2.05) is 38.1 Å². The quantitative estimate of drug-likeness (QED) is 0.828. The summed E-state index contributed by atoms with van der Waals surface area (Å²) in [5.41, 5.74) is 2.04. The van der Waals surface area contributed by atoms with Gasteiger partial charge in [-0.2, -0.15) is 0 Å². The van der Waals surface area contributed by atoms with E-state index in [0.29, 0.717) is 6.04 Å². The number of rotatable bonds is 6. The molecule has 0 aliphatic heterocycles. The van der Waals surface area contributed by atoms with Crippen molar-refractivity contribution in [1.82, 2.24) is 5.32 Å². The number of methoxy groups -OCH3 is 1. The minimum atomic E-state index is -0.228. The fourth-order valence-electron chi connectivity index (χ4n) is 1.89. The zero-order valence-corrected chi connectivity index (χ0v) is 11.8. The molecule has 104 valence electrons. The highest BCUT2D eigenvalue weighted by molar-refractivity contribution is 5.84. The van der Waals surface area contributed by atoms with Crippen LogP contribution in [0.1, 0.15) is 38.4 Å². The molecule has 1 fully saturated rings. The summed E-state index contributed by atoms with van der Waals surface area (Å²) in [5.74, 6) is 0.0627. The maximum Gasteiger partial charge on any atom is 0.242 e. The Morgan fingerprint density at radius 3 is 2.74 bits per heavy atom. The number of nitrogens with one attached hydrogen (secondary N) is 2. The first-order valence-corrected chi connectivity index (χ1v) is 6.80. The van der Waals surface area contributed by atoms with Gasteiger partial charge in [0.1, 0.15) is 6.04 Å². The van der Waals surface area contributed by atoms with Crippen molar-refractivity contribution in [3.8, 4) is 0 Å². The molecule has 4 nitrogen and oxygen atoms in total. The van der Waals surface area contributed by atoms with Gasteiger partial charge in [-0.25, -0.2) is 0 Å². The van der Waals surface area contributed by atoms with Crippen molar-refractivity contribution in [2.75, 3.05) is 12.4 Å². The van der Waals surface area contributed by atoms with Crippen molar-refractivity contribution < 1.29 is 9.53 Å². The molecule has 19 heavy (non-hydrogen) atoms. The number of carbonyl (C=O) groups excluding carboxylic acids is 1. The highest BCUT2D eigenvalue weighted by Gasteiger charge is 2.25. The molecule has 1 aromatic rings. The Bertz CT molecular complexity index is 444. The SMILES string of the molecule is CO[C@@H](C)c1cccc(N[C@@H](C)C(=O)NC2CC2)c1. The first-order chi connectivity index (χ1) is 9.10. The highest BCUT2D eigenvalue weighted by Crippen LogP contribution is 2.21. The Labute approximate surface area is 114 Å². The van der Waals surface area contributed by atoms with Crippen molar-refractivity contribution in [3.63, 3.8) is 0 Å². The zero-order valence-electron chi connectivity index (χ0n) is 11.8. The van der Waals surface area contributed by atoms with Crippen LogP contribution in [0, 0.1) is 0 Å². The fourth-order valence-corrected chi connectivity index (χ4v) is 1.89. The van der Waals surface area contributed by atoms with Gasteiger partial charge < -0.3 is 15.4 Å². The van der Waals surface area contributed by atoms with Crippen molar-refractivity contribution >= 4 is 11.6 Å². The van der Waals surface area contributed by atoms with E-state index in [2.05, 4.69) is 10.6 Å². The Kier molecular flexibility index (Phi) is 4.43. The van der Waals surface area contributed by atoms with E-state index < -0.39 is 0 Å². The molecule has 0 spiro atoms. The van der Waals surface area contributed by atoms with Crippen LogP contribution in [-0.2, 0) is 9.53 Å². The Hall–Kier alpha value is -1.55. The second kappa shape index (κ2) is 6.06. The zero-order chi connectivity index (χ0) is 13.8. The molecule has 2 N–H and O–H groups in total. The van der Waals surface area contributed by atoms with Crippen molar-refractivity contribution in [2.45, 2.75) is 44.9 Å². The summed E-state index contributed by atoms with van der Waals surface area (Å²) in [4.78, 5) is 11.9. The number of hydrogen-bond donors (Lipinski definition) is 2. The maximum atomic E-state index is 11.9. The molecule has 2 atom stereocenters. The van der Waals surface area contributed by atoms with Gasteiger partial charge in [-0.1, -0.05) is 12.1 Å².